The fourth-order valence-corrected chi connectivity index (χ4v) is 3.53. The van der Waals surface area contributed by atoms with Gasteiger partial charge in [0.25, 0.3) is 0 Å². The van der Waals surface area contributed by atoms with Crippen molar-refractivity contribution in [3.63, 3.8) is 0 Å². The molecule has 0 heterocycles. The monoisotopic (exact) mass is 443 g/mol. The predicted octanol–water partition coefficient (Wildman–Crippen LogP) is 6.40. The minimum atomic E-state index is -0.278. The summed E-state index contributed by atoms with van der Waals surface area (Å²) in [6.45, 7) is 5.08. The number of aryl methyl sites for hydroxylation is 2. The summed E-state index contributed by atoms with van der Waals surface area (Å²) >= 11 is 3.57. The number of nitrogens with one attached hydrogen (secondary N) is 1. The highest BCUT2D eigenvalue weighted by Crippen LogP contribution is 2.37. The number of halogens is 2. The maximum absolute atomic E-state index is 13.4. The first kappa shape index (κ1) is 20.2. The lowest BCUT2D eigenvalue weighted by Crippen LogP contribution is -2.04. The van der Waals surface area contributed by atoms with Crippen molar-refractivity contribution in [2.24, 2.45) is 0 Å². The van der Waals surface area contributed by atoms with Crippen molar-refractivity contribution >= 4 is 21.6 Å². The normalized spacial score (nSPS) is 10.6. The molecule has 0 spiro atoms. The molecule has 0 amide bonds. The molecule has 0 unspecified atom stereocenters. The smallest absolute Gasteiger partial charge is 0.175 e. The molecule has 3 rings (SSSR count). The summed E-state index contributed by atoms with van der Waals surface area (Å²) in [4.78, 5) is 0. The summed E-state index contributed by atoms with van der Waals surface area (Å²) in [5, 5.41) is 3.47. The molecule has 0 fully saturated rings. The van der Waals surface area contributed by atoms with Crippen molar-refractivity contribution in [3.8, 4) is 11.5 Å². The molecule has 28 heavy (non-hydrogen) atoms. The Morgan fingerprint density at radius 3 is 2.57 bits per heavy atom. The van der Waals surface area contributed by atoms with E-state index in [2.05, 4.69) is 53.3 Å². The topological polar surface area (TPSA) is 30.5 Å². The average molecular weight is 444 g/mol. The van der Waals surface area contributed by atoms with Crippen LogP contribution in [0, 0.1) is 19.7 Å². The van der Waals surface area contributed by atoms with Crippen LogP contribution in [0.4, 0.5) is 10.1 Å². The first-order chi connectivity index (χ1) is 13.5. The van der Waals surface area contributed by atoms with E-state index >= 15 is 0 Å². The van der Waals surface area contributed by atoms with Crippen molar-refractivity contribution in [1.82, 2.24) is 0 Å². The lowest BCUT2D eigenvalue weighted by atomic mass is 10.1. The van der Waals surface area contributed by atoms with Gasteiger partial charge in [0.05, 0.1) is 11.6 Å². The van der Waals surface area contributed by atoms with Crippen molar-refractivity contribution < 1.29 is 13.9 Å². The van der Waals surface area contributed by atoms with E-state index in [4.69, 9.17) is 9.47 Å². The zero-order valence-electron chi connectivity index (χ0n) is 16.2. The van der Waals surface area contributed by atoms with Crippen LogP contribution in [0.1, 0.15) is 22.3 Å². The molecule has 146 valence electrons. The van der Waals surface area contributed by atoms with Crippen LogP contribution in [0.5, 0.6) is 11.5 Å². The van der Waals surface area contributed by atoms with Gasteiger partial charge in [0, 0.05) is 12.2 Å². The number of methoxy groups -OCH3 is 1. The van der Waals surface area contributed by atoms with Crippen molar-refractivity contribution in [3.05, 3.63) is 87.1 Å². The maximum atomic E-state index is 13.4. The Balaban J connectivity index is 1.74. The van der Waals surface area contributed by atoms with Gasteiger partial charge >= 0.3 is 0 Å². The fraction of sp³-hybridized carbons (Fsp3) is 0.217. The van der Waals surface area contributed by atoms with Gasteiger partial charge in [0.1, 0.15) is 12.4 Å². The van der Waals surface area contributed by atoms with Crippen LogP contribution in [-0.4, -0.2) is 7.11 Å². The number of ether oxygens (including phenoxy) is 2. The van der Waals surface area contributed by atoms with Gasteiger partial charge in [-0.1, -0.05) is 24.3 Å². The van der Waals surface area contributed by atoms with E-state index in [1.54, 1.807) is 13.2 Å². The van der Waals surface area contributed by atoms with E-state index in [0.717, 1.165) is 21.3 Å². The molecule has 0 aliphatic carbocycles. The van der Waals surface area contributed by atoms with E-state index in [9.17, 15) is 4.39 Å². The highest BCUT2D eigenvalue weighted by atomic mass is 79.9. The van der Waals surface area contributed by atoms with Crippen molar-refractivity contribution in [2.45, 2.75) is 27.0 Å². The van der Waals surface area contributed by atoms with Crippen LogP contribution in [-0.2, 0) is 13.2 Å². The molecule has 0 saturated heterocycles. The SMILES string of the molecule is COc1cc(CNc2cc(C)ccc2C)cc(Br)c1OCc1cccc(F)c1. The van der Waals surface area contributed by atoms with Gasteiger partial charge in [-0.3, -0.25) is 0 Å². The third-order valence-corrected chi connectivity index (χ3v) is 5.03. The highest BCUT2D eigenvalue weighted by Gasteiger charge is 2.12. The molecule has 3 aromatic carbocycles. The van der Waals surface area contributed by atoms with Crippen molar-refractivity contribution in [1.29, 1.82) is 0 Å². The van der Waals surface area contributed by atoms with Crippen LogP contribution < -0.4 is 14.8 Å². The van der Waals surface area contributed by atoms with Gasteiger partial charge in [0.15, 0.2) is 11.5 Å². The first-order valence-corrected chi connectivity index (χ1v) is 9.80. The molecule has 3 nitrogen and oxygen atoms in total. The Hall–Kier alpha value is -2.53. The number of rotatable bonds is 7. The number of benzene rings is 3. The molecule has 5 heteroatoms. The molecule has 0 aliphatic heterocycles. The standard InChI is InChI=1S/C23H23BrFNO2/c1-15-7-8-16(2)21(9-15)26-13-18-11-20(24)23(22(12-18)27-3)28-14-17-5-4-6-19(25)10-17/h4-12,26H,13-14H2,1-3H3. The number of anilines is 1. The summed E-state index contributed by atoms with van der Waals surface area (Å²) in [5.74, 6) is 0.950. The first-order valence-electron chi connectivity index (χ1n) is 9.01. The highest BCUT2D eigenvalue weighted by molar-refractivity contribution is 9.10. The predicted molar refractivity (Wildman–Crippen MR) is 115 cm³/mol. The van der Waals surface area contributed by atoms with Gasteiger partial charge in [-0.15, -0.1) is 0 Å². The Morgan fingerprint density at radius 2 is 1.82 bits per heavy atom. The number of hydrogen-bond acceptors (Lipinski definition) is 3. The average Bonchev–Trinajstić information content (AvgIpc) is 2.67. The van der Waals surface area contributed by atoms with Crippen LogP contribution >= 0.6 is 15.9 Å². The second-order valence-electron chi connectivity index (χ2n) is 6.70. The second-order valence-corrected chi connectivity index (χ2v) is 7.55. The summed E-state index contributed by atoms with van der Waals surface area (Å²) in [5.41, 5.74) is 5.35. The molecular weight excluding hydrogens is 421 g/mol. The largest absolute Gasteiger partial charge is 0.493 e. The molecule has 0 radical (unpaired) electrons. The van der Waals surface area contributed by atoms with E-state index in [1.165, 1.54) is 23.3 Å². The molecule has 0 saturated carbocycles. The van der Waals surface area contributed by atoms with E-state index in [0.29, 0.717) is 18.0 Å². The van der Waals surface area contributed by atoms with Crippen LogP contribution in [0.3, 0.4) is 0 Å². The molecule has 0 atom stereocenters. The lowest BCUT2D eigenvalue weighted by Gasteiger charge is -2.16. The van der Waals surface area contributed by atoms with Gasteiger partial charge in [-0.25, -0.2) is 4.39 Å². The Labute approximate surface area is 173 Å². The molecule has 0 bridgehead atoms. The van der Waals surface area contributed by atoms with Crippen LogP contribution in [0.25, 0.3) is 0 Å². The maximum Gasteiger partial charge on any atom is 0.175 e. The van der Waals surface area contributed by atoms with E-state index < -0.39 is 0 Å². The number of hydrogen-bond donors (Lipinski definition) is 1. The summed E-state index contributed by atoms with van der Waals surface area (Å²) in [7, 11) is 1.61. The Kier molecular flexibility index (Phi) is 6.57. The van der Waals surface area contributed by atoms with Crippen LogP contribution in [0.15, 0.2) is 59.1 Å². The Bertz CT molecular complexity index is 975. The zero-order valence-corrected chi connectivity index (χ0v) is 17.8. The summed E-state index contributed by atoms with van der Waals surface area (Å²) < 4.78 is 25.6. The minimum absolute atomic E-state index is 0.257. The van der Waals surface area contributed by atoms with Crippen molar-refractivity contribution in [2.75, 3.05) is 12.4 Å². The van der Waals surface area contributed by atoms with Gasteiger partial charge < -0.3 is 14.8 Å². The quantitative estimate of drug-likeness (QED) is 0.457. The fourth-order valence-electron chi connectivity index (χ4n) is 2.92. The summed E-state index contributed by atoms with van der Waals surface area (Å²) in [6.07, 6.45) is 0. The lowest BCUT2D eigenvalue weighted by molar-refractivity contribution is 0.282. The third kappa shape index (κ3) is 5.04. The minimum Gasteiger partial charge on any atom is -0.493 e. The van der Waals surface area contributed by atoms with E-state index in [-0.39, 0.29) is 12.4 Å². The van der Waals surface area contributed by atoms with Gasteiger partial charge in [-0.05, 0) is 82.4 Å². The Morgan fingerprint density at radius 1 is 1.00 bits per heavy atom. The molecule has 1 N–H and O–H groups in total. The third-order valence-electron chi connectivity index (χ3n) is 4.44. The molecule has 0 aliphatic rings. The second kappa shape index (κ2) is 9.11. The summed E-state index contributed by atoms with van der Waals surface area (Å²) in [6, 6.07) is 16.7. The van der Waals surface area contributed by atoms with E-state index in [1.807, 2.05) is 18.2 Å². The van der Waals surface area contributed by atoms with Gasteiger partial charge in [0.2, 0.25) is 0 Å². The molecule has 0 aromatic heterocycles. The van der Waals surface area contributed by atoms with Gasteiger partial charge in [-0.2, -0.15) is 0 Å². The van der Waals surface area contributed by atoms with Crippen LogP contribution in [0.2, 0.25) is 0 Å². The molecular formula is C23H23BrFNO2. The molecule has 3 aromatic rings. The zero-order chi connectivity index (χ0) is 20.1.